The molecule has 0 saturated carbocycles. The highest BCUT2D eigenvalue weighted by Gasteiger charge is 2.42. The molecular formula is C21H25N5O2. The second-order valence-electron chi connectivity index (χ2n) is 7.91. The number of rotatable bonds is 3. The number of nitrogen functional groups attached to an aromatic ring is 1. The highest BCUT2D eigenvalue weighted by Crippen LogP contribution is 2.39. The predicted molar refractivity (Wildman–Crippen MR) is 105 cm³/mol. The van der Waals surface area contributed by atoms with Crippen molar-refractivity contribution in [2.75, 3.05) is 25.4 Å². The van der Waals surface area contributed by atoms with Crippen LogP contribution in [0.15, 0.2) is 42.9 Å². The van der Waals surface area contributed by atoms with Crippen LogP contribution in [0.4, 0.5) is 5.82 Å². The molecule has 1 atom stereocenters. The van der Waals surface area contributed by atoms with Crippen molar-refractivity contribution in [2.45, 2.75) is 32.2 Å². The molecule has 2 amide bonds. The molecule has 7 nitrogen and oxygen atoms in total. The Bertz CT molecular complexity index is 872. The van der Waals surface area contributed by atoms with Crippen molar-refractivity contribution in [1.29, 1.82) is 0 Å². The Kier molecular flexibility index (Phi) is 4.98. The summed E-state index contributed by atoms with van der Waals surface area (Å²) in [5.74, 6) is 0.521. The molecule has 2 saturated heterocycles. The molecule has 2 N–H and O–H groups in total. The molecule has 2 aromatic heterocycles. The van der Waals surface area contributed by atoms with Crippen LogP contribution in [0.5, 0.6) is 0 Å². The number of carbonyl (C=O) groups is 2. The van der Waals surface area contributed by atoms with E-state index in [4.69, 9.17) is 5.73 Å². The summed E-state index contributed by atoms with van der Waals surface area (Å²) in [5.41, 5.74) is 7.30. The predicted octanol–water partition coefficient (Wildman–Crippen LogP) is 2.10. The quantitative estimate of drug-likeness (QED) is 0.882. The number of amides is 2. The second kappa shape index (κ2) is 7.58. The molecule has 1 spiro atoms. The van der Waals surface area contributed by atoms with Gasteiger partial charge in [0.15, 0.2) is 0 Å². The largest absolute Gasteiger partial charge is 0.384 e. The first-order valence-corrected chi connectivity index (χ1v) is 9.72. The molecule has 2 fully saturated rings. The Morgan fingerprint density at radius 1 is 1.21 bits per heavy atom. The zero-order chi connectivity index (χ0) is 19.6. The molecule has 2 aromatic rings. The Morgan fingerprint density at radius 2 is 2.11 bits per heavy atom. The lowest BCUT2D eigenvalue weighted by Crippen LogP contribution is -2.54. The third-order valence-electron chi connectivity index (χ3n) is 5.82. The minimum absolute atomic E-state index is 0.0103. The van der Waals surface area contributed by atoms with Crippen LogP contribution in [0.2, 0.25) is 0 Å². The molecule has 146 valence electrons. The molecule has 4 heterocycles. The summed E-state index contributed by atoms with van der Waals surface area (Å²) < 4.78 is 0. The summed E-state index contributed by atoms with van der Waals surface area (Å²) in [6, 6.07) is 7.22. The Balaban J connectivity index is 1.49. The number of nitrogens with two attached hydrogens (primary N) is 1. The number of hydrogen-bond donors (Lipinski definition) is 1. The van der Waals surface area contributed by atoms with Gasteiger partial charge in [0, 0.05) is 62.2 Å². The van der Waals surface area contributed by atoms with Gasteiger partial charge in [0.25, 0.3) is 5.91 Å². The fraction of sp³-hybridized carbons (Fsp3) is 0.429. The van der Waals surface area contributed by atoms with E-state index in [1.165, 1.54) is 0 Å². The highest BCUT2D eigenvalue weighted by molar-refractivity contribution is 5.94. The van der Waals surface area contributed by atoms with E-state index in [9.17, 15) is 9.59 Å². The number of piperidine rings is 2. The van der Waals surface area contributed by atoms with E-state index >= 15 is 0 Å². The van der Waals surface area contributed by atoms with Crippen LogP contribution >= 0.6 is 0 Å². The molecule has 0 aromatic carbocycles. The average molecular weight is 379 g/mol. The first-order valence-electron chi connectivity index (χ1n) is 9.72. The molecule has 0 bridgehead atoms. The van der Waals surface area contributed by atoms with Crippen molar-refractivity contribution in [1.82, 2.24) is 19.8 Å². The zero-order valence-electron chi connectivity index (χ0n) is 15.9. The molecule has 2 aliphatic rings. The zero-order valence-corrected chi connectivity index (χ0v) is 15.9. The normalized spacial score (nSPS) is 22.5. The van der Waals surface area contributed by atoms with Crippen LogP contribution in [0.1, 0.15) is 41.6 Å². The fourth-order valence-electron chi connectivity index (χ4n) is 4.44. The third kappa shape index (κ3) is 3.83. The summed E-state index contributed by atoms with van der Waals surface area (Å²) in [5, 5.41) is 0. The molecule has 4 rings (SSSR count). The Hall–Kier alpha value is -2.96. The van der Waals surface area contributed by atoms with E-state index in [2.05, 4.69) is 9.97 Å². The van der Waals surface area contributed by atoms with Crippen LogP contribution < -0.4 is 5.73 Å². The van der Waals surface area contributed by atoms with Gasteiger partial charge in [0.1, 0.15) is 5.82 Å². The first-order chi connectivity index (χ1) is 13.5. The Morgan fingerprint density at radius 3 is 2.89 bits per heavy atom. The van der Waals surface area contributed by atoms with E-state index in [1.807, 2.05) is 21.9 Å². The maximum absolute atomic E-state index is 13.0. The van der Waals surface area contributed by atoms with Gasteiger partial charge in [0.2, 0.25) is 5.91 Å². The first kappa shape index (κ1) is 18.4. The lowest BCUT2D eigenvalue weighted by molar-refractivity contribution is -0.139. The monoisotopic (exact) mass is 379 g/mol. The van der Waals surface area contributed by atoms with Crippen molar-refractivity contribution in [3.63, 3.8) is 0 Å². The van der Waals surface area contributed by atoms with Gasteiger partial charge < -0.3 is 15.5 Å². The van der Waals surface area contributed by atoms with Crippen molar-refractivity contribution < 1.29 is 9.59 Å². The number of likely N-dealkylation sites (tertiary alicyclic amines) is 2. The highest BCUT2D eigenvalue weighted by atomic mass is 16.2. The maximum Gasteiger partial charge on any atom is 0.254 e. The van der Waals surface area contributed by atoms with Gasteiger partial charge in [-0.05, 0) is 43.0 Å². The van der Waals surface area contributed by atoms with Gasteiger partial charge in [-0.25, -0.2) is 4.98 Å². The van der Waals surface area contributed by atoms with Crippen molar-refractivity contribution in [2.24, 2.45) is 5.41 Å². The molecule has 1 unspecified atom stereocenters. The van der Waals surface area contributed by atoms with E-state index in [-0.39, 0.29) is 17.2 Å². The molecule has 28 heavy (non-hydrogen) atoms. The number of nitrogens with zero attached hydrogens (tertiary/aromatic N) is 4. The van der Waals surface area contributed by atoms with Crippen molar-refractivity contribution in [3.8, 4) is 0 Å². The average Bonchev–Trinajstić information content (AvgIpc) is 2.71. The van der Waals surface area contributed by atoms with Crippen molar-refractivity contribution in [3.05, 3.63) is 54.0 Å². The van der Waals surface area contributed by atoms with Gasteiger partial charge >= 0.3 is 0 Å². The molecule has 7 heteroatoms. The van der Waals surface area contributed by atoms with Gasteiger partial charge in [0.05, 0.1) is 0 Å². The minimum atomic E-state index is -0.0391. The SMILES string of the molecule is Nc1cc(C(=O)N2CCCC3(CCC(=O)N(Cc4cccnc4)C3)C2)ccn1. The van der Waals surface area contributed by atoms with Crippen LogP contribution in [-0.2, 0) is 11.3 Å². The fourth-order valence-corrected chi connectivity index (χ4v) is 4.44. The lowest BCUT2D eigenvalue weighted by Gasteiger charge is -2.48. The van der Waals surface area contributed by atoms with Crippen LogP contribution in [-0.4, -0.2) is 51.2 Å². The second-order valence-corrected chi connectivity index (χ2v) is 7.91. The number of hydrogen-bond acceptors (Lipinski definition) is 5. The summed E-state index contributed by atoms with van der Waals surface area (Å²) in [6.07, 6.45) is 8.45. The van der Waals surface area contributed by atoms with E-state index in [0.29, 0.717) is 37.4 Å². The lowest BCUT2D eigenvalue weighted by atomic mass is 9.73. The molecule has 0 radical (unpaired) electrons. The van der Waals surface area contributed by atoms with Crippen LogP contribution in [0.3, 0.4) is 0 Å². The summed E-state index contributed by atoms with van der Waals surface area (Å²) in [7, 11) is 0. The van der Waals surface area contributed by atoms with Gasteiger partial charge in [-0.2, -0.15) is 0 Å². The third-order valence-corrected chi connectivity index (χ3v) is 5.82. The molecule has 0 aliphatic carbocycles. The number of pyridine rings is 2. The van der Waals surface area contributed by atoms with Gasteiger partial charge in [-0.1, -0.05) is 6.07 Å². The standard InChI is InChI=1S/C21H25N5O2/c22-18-11-17(5-9-24-18)20(28)25-10-2-6-21(14-25)7-4-19(27)26(15-21)13-16-3-1-8-23-12-16/h1,3,5,8-9,11-12H,2,4,6-7,10,13-15H2,(H2,22,24). The Labute approximate surface area is 164 Å². The van der Waals surface area contributed by atoms with E-state index in [0.717, 1.165) is 31.4 Å². The number of carbonyl (C=O) groups excluding carboxylic acids is 2. The summed E-state index contributed by atoms with van der Waals surface area (Å²) >= 11 is 0. The topological polar surface area (TPSA) is 92.4 Å². The van der Waals surface area contributed by atoms with E-state index < -0.39 is 0 Å². The number of aromatic nitrogens is 2. The van der Waals surface area contributed by atoms with Gasteiger partial charge in [-0.15, -0.1) is 0 Å². The smallest absolute Gasteiger partial charge is 0.254 e. The van der Waals surface area contributed by atoms with Crippen molar-refractivity contribution >= 4 is 17.6 Å². The molecular weight excluding hydrogens is 354 g/mol. The van der Waals surface area contributed by atoms with Crippen LogP contribution in [0, 0.1) is 5.41 Å². The van der Waals surface area contributed by atoms with Gasteiger partial charge in [-0.3, -0.25) is 14.6 Å². The van der Waals surface area contributed by atoms with E-state index in [1.54, 1.807) is 30.7 Å². The molecule has 2 aliphatic heterocycles. The number of anilines is 1. The summed E-state index contributed by atoms with van der Waals surface area (Å²) in [6.45, 7) is 2.66. The van der Waals surface area contributed by atoms with Crippen LogP contribution in [0.25, 0.3) is 0 Å². The summed E-state index contributed by atoms with van der Waals surface area (Å²) in [4.78, 5) is 37.4. The minimum Gasteiger partial charge on any atom is -0.384 e. The maximum atomic E-state index is 13.0.